The molecule has 4 aromatic rings. The number of benzene rings is 3. The summed E-state index contributed by atoms with van der Waals surface area (Å²) in [6.45, 7) is 0. The zero-order chi connectivity index (χ0) is 22.5. The number of carbonyl (C=O) groups excluding carboxylic acids is 2. The van der Waals surface area contributed by atoms with Crippen molar-refractivity contribution in [2.75, 3.05) is 0 Å². The molecule has 0 aliphatic carbocycles. The Balaban J connectivity index is 1.65. The van der Waals surface area contributed by atoms with Crippen LogP contribution in [-0.4, -0.2) is 23.1 Å². The number of hydrogen-bond acceptors (Lipinski definition) is 5. The first-order chi connectivity index (χ1) is 15.5. The molecule has 0 saturated carbocycles. The van der Waals surface area contributed by atoms with E-state index >= 15 is 0 Å². The molecule has 0 unspecified atom stereocenters. The average Bonchev–Trinajstić information content (AvgIpc) is 2.80. The van der Waals surface area contributed by atoms with Crippen LogP contribution in [0.2, 0.25) is 10.0 Å². The van der Waals surface area contributed by atoms with Gasteiger partial charge in [0.15, 0.2) is 0 Å². The predicted molar refractivity (Wildman–Crippen MR) is 125 cm³/mol. The second-order valence-electron chi connectivity index (χ2n) is 6.65. The summed E-state index contributed by atoms with van der Waals surface area (Å²) in [4.78, 5) is 28.9. The summed E-state index contributed by atoms with van der Waals surface area (Å²) in [6.07, 6.45) is 4.44. The van der Waals surface area contributed by atoms with Crippen molar-refractivity contribution < 1.29 is 14.3 Å². The van der Waals surface area contributed by atoms with Gasteiger partial charge in [-0.25, -0.2) is 10.2 Å². The number of aromatic nitrogens is 1. The van der Waals surface area contributed by atoms with Crippen LogP contribution >= 0.6 is 23.2 Å². The van der Waals surface area contributed by atoms with Gasteiger partial charge in [0, 0.05) is 23.0 Å². The molecule has 0 aliphatic rings. The number of nitrogens with zero attached hydrogens (tertiary/aromatic N) is 2. The molecule has 6 nitrogen and oxygen atoms in total. The highest BCUT2D eigenvalue weighted by molar-refractivity contribution is 6.36. The van der Waals surface area contributed by atoms with E-state index < -0.39 is 11.9 Å². The first-order valence-electron chi connectivity index (χ1n) is 9.45. The molecule has 8 heteroatoms. The van der Waals surface area contributed by atoms with Crippen molar-refractivity contribution in [2.45, 2.75) is 0 Å². The number of rotatable bonds is 5. The molecule has 0 saturated heterocycles. The molecule has 1 aromatic heterocycles. The summed E-state index contributed by atoms with van der Waals surface area (Å²) in [5.74, 6) is -0.795. The van der Waals surface area contributed by atoms with Crippen LogP contribution in [0.4, 0.5) is 0 Å². The maximum absolute atomic E-state index is 12.7. The van der Waals surface area contributed by atoms with E-state index in [0.717, 1.165) is 10.8 Å². The highest BCUT2D eigenvalue weighted by Crippen LogP contribution is 2.29. The molecule has 3 aromatic carbocycles. The number of amides is 1. The fourth-order valence-electron chi connectivity index (χ4n) is 3.02. The normalized spacial score (nSPS) is 10.9. The van der Waals surface area contributed by atoms with E-state index in [1.54, 1.807) is 30.5 Å². The van der Waals surface area contributed by atoms with E-state index in [2.05, 4.69) is 15.5 Å². The molecule has 1 heterocycles. The number of hydrogen-bond donors (Lipinski definition) is 1. The molecule has 32 heavy (non-hydrogen) atoms. The van der Waals surface area contributed by atoms with Crippen LogP contribution in [0, 0.1) is 0 Å². The highest BCUT2D eigenvalue weighted by atomic mass is 35.5. The SMILES string of the molecule is O=C(NN=Cc1c(OC(=O)c2ccc(Cl)cc2Cl)ccc2ccccc12)c1cccnc1. The Labute approximate surface area is 193 Å². The molecule has 1 amide bonds. The van der Waals surface area contributed by atoms with Crippen LogP contribution in [0.25, 0.3) is 10.8 Å². The third-order valence-electron chi connectivity index (χ3n) is 4.57. The van der Waals surface area contributed by atoms with Crippen LogP contribution in [0.3, 0.4) is 0 Å². The summed E-state index contributed by atoms with van der Waals surface area (Å²) in [6, 6.07) is 18.8. The van der Waals surface area contributed by atoms with Gasteiger partial charge >= 0.3 is 5.97 Å². The van der Waals surface area contributed by atoms with Gasteiger partial charge in [-0.3, -0.25) is 9.78 Å². The van der Waals surface area contributed by atoms with Gasteiger partial charge in [0.25, 0.3) is 5.91 Å². The van der Waals surface area contributed by atoms with E-state index in [1.807, 2.05) is 30.3 Å². The second kappa shape index (κ2) is 9.60. The van der Waals surface area contributed by atoms with Crippen molar-refractivity contribution in [3.8, 4) is 5.75 Å². The summed E-state index contributed by atoms with van der Waals surface area (Å²) in [7, 11) is 0. The Morgan fingerprint density at radius 2 is 1.84 bits per heavy atom. The largest absolute Gasteiger partial charge is 0.422 e. The fraction of sp³-hybridized carbons (Fsp3) is 0. The van der Waals surface area contributed by atoms with Gasteiger partial charge in [0.1, 0.15) is 5.75 Å². The maximum Gasteiger partial charge on any atom is 0.345 e. The van der Waals surface area contributed by atoms with Crippen molar-refractivity contribution >= 4 is 52.1 Å². The number of carbonyl (C=O) groups is 2. The monoisotopic (exact) mass is 463 g/mol. The van der Waals surface area contributed by atoms with Gasteiger partial charge in [0.2, 0.25) is 0 Å². The van der Waals surface area contributed by atoms with Crippen molar-refractivity contribution in [1.82, 2.24) is 10.4 Å². The average molecular weight is 464 g/mol. The first kappa shape index (κ1) is 21.5. The van der Waals surface area contributed by atoms with Crippen molar-refractivity contribution in [3.63, 3.8) is 0 Å². The zero-order valence-electron chi connectivity index (χ0n) is 16.5. The lowest BCUT2D eigenvalue weighted by atomic mass is 10.0. The van der Waals surface area contributed by atoms with E-state index in [1.165, 1.54) is 24.5 Å². The lowest BCUT2D eigenvalue weighted by Gasteiger charge is -2.11. The smallest absolute Gasteiger partial charge is 0.345 e. The van der Waals surface area contributed by atoms with Crippen LogP contribution < -0.4 is 10.2 Å². The van der Waals surface area contributed by atoms with Gasteiger partial charge in [0.05, 0.1) is 22.4 Å². The van der Waals surface area contributed by atoms with Crippen LogP contribution in [0.15, 0.2) is 84.2 Å². The fourth-order valence-corrected chi connectivity index (χ4v) is 3.51. The molecule has 0 bridgehead atoms. The Morgan fingerprint density at radius 3 is 2.62 bits per heavy atom. The number of fused-ring (bicyclic) bond motifs is 1. The molecular weight excluding hydrogens is 449 g/mol. The minimum absolute atomic E-state index is 0.178. The van der Waals surface area contributed by atoms with E-state index in [0.29, 0.717) is 16.1 Å². The van der Waals surface area contributed by atoms with Gasteiger partial charge in [-0.2, -0.15) is 5.10 Å². The van der Waals surface area contributed by atoms with E-state index in [-0.39, 0.29) is 16.3 Å². The minimum Gasteiger partial charge on any atom is -0.422 e. The summed E-state index contributed by atoms with van der Waals surface area (Å²) < 4.78 is 5.62. The highest BCUT2D eigenvalue weighted by Gasteiger charge is 2.16. The first-order valence-corrected chi connectivity index (χ1v) is 10.2. The van der Waals surface area contributed by atoms with Gasteiger partial charge in [-0.15, -0.1) is 0 Å². The number of pyridine rings is 1. The lowest BCUT2D eigenvalue weighted by Crippen LogP contribution is -2.18. The quantitative estimate of drug-likeness (QED) is 0.182. The number of esters is 1. The number of halogens is 2. The van der Waals surface area contributed by atoms with Gasteiger partial charge in [-0.1, -0.05) is 53.5 Å². The van der Waals surface area contributed by atoms with Crippen molar-refractivity contribution in [2.24, 2.45) is 5.10 Å². The second-order valence-corrected chi connectivity index (χ2v) is 7.50. The summed E-state index contributed by atoms with van der Waals surface area (Å²) >= 11 is 12.0. The standard InChI is InChI=1S/C24H15Cl2N3O3/c25-17-8-9-19(21(26)12-17)24(31)32-22-10-7-15-4-1-2-6-18(15)20(22)14-28-29-23(30)16-5-3-11-27-13-16/h1-14H,(H,29,30). The zero-order valence-corrected chi connectivity index (χ0v) is 18.0. The third kappa shape index (κ3) is 4.77. The number of ether oxygens (including phenoxy) is 1. The van der Waals surface area contributed by atoms with E-state index in [9.17, 15) is 9.59 Å². The molecule has 0 fully saturated rings. The molecule has 0 radical (unpaired) electrons. The van der Waals surface area contributed by atoms with Crippen LogP contribution in [0.1, 0.15) is 26.3 Å². The molecular formula is C24H15Cl2N3O3. The van der Waals surface area contributed by atoms with E-state index in [4.69, 9.17) is 27.9 Å². The molecule has 0 atom stereocenters. The van der Waals surface area contributed by atoms with Gasteiger partial charge in [-0.05, 0) is 47.2 Å². The third-order valence-corrected chi connectivity index (χ3v) is 5.12. The Hall–Kier alpha value is -3.74. The lowest BCUT2D eigenvalue weighted by molar-refractivity contribution is 0.0734. The molecule has 1 N–H and O–H groups in total. The molecule has 0 spiro atoms. The minimum atomic E-state index is -0.643. The van der Waals surface area contributed by atoms with Crippen LogP contribution in [0.5, 0.6) is 5.75 Å². The Bertz CT molecular complexity index is 1340. The Kier molecular flexibility index (Phi) is 6.44. The summed E-state index contributed by atoms with van der Waals surface area (Å²) in [5.41, 5.74) is 3.52. The predicted octanol–water partition coefficient (Wildman–Crippen LogP) is 5.52. The number of nitrogens with one attached hydrogen (secondary N) is 1. The van der Waals surface area contributed by atoms with Gasteiger partial charge < -0.3 is 4.74 Å². The molecule has 158 valence electrons. The van der Waals surface area contributed by atoms with Crippen molar-refractivity contribution in [1.29, 1.82) is 0 Å². The summed E-state index contributed by atoms with van der Waals surface area (Å²) in [5, 5.41) is 6.35. The number of hydrazone groups is 1. The topological polar surface area (TPSA) is 80.6 Å². The Morgan fingerprint density at radius 1 is 1.00 bits per heavy atom. The molecule has 4 rings (SSSR count). The molecule has 0 aliphatic heterocycles. The maximum atomic E-state index is 12.7. The van der Waals surface area contributed by atoms with Crippen LogP contribution in [-0.2, 0) is 0 Å². The van der Waals surface area contributed by atoms with Crippen molar-refractivity contribution in [3.05, 3.63) is 106 Å².